The maximum Gasteiger partial charge on any atom is 0.0598 e. The van der Waals surface area contributed by atoms with E-state index >= 15 is 0 Å². The second-order valence-corrected chi connectivity index (χ2v) is 4.49. The molecule has 0 aromatic heterocycles. The van der Waals surface area contributed by atoms with Gasteiger partial charge in [-0.05, 0) is 33.1 Å². The average Bonchev–Trinajstić information content (AvgIpc) is 1.96. The van der Waals surface area contributed by atoms with Crippen molar-refractivity contribution in [2.24, 2.45) is 5.92 Å². The number of halogens is 1. The molecule has 0 bridgehead atoms. The first-order valence-electron chi connectivity index (χ1n) is 4.69. The predicted octanol–water partition coefficient (Wildman–Crippen LogP) is 3.46. The van der Waals surface area contributed by atoms with Crippen molar-refractivity contribution in [2.45, 2.75) is 46.1 Å². The zero-order chi connectivity index (χ0) is 9.61. The van der Waals surface area contributed by atoms with Crippen molar-refractivity contribution in [3.8, 4) is 0 Å². The summed E-state index contributed by atoms with van der Waals surface area (Å²) in [6.07, 6.45) is 2.23. The first kappa shape index (κ1) is 12.2. The Hall–Kier alpha value is 0.250. The van der Waals surface area contributed by atoms with Crippen LogP contribution in [0.4, 0.5) is 0 Å². The number of ether oxygens (including phenoxy) is 1. The Morgan fingerprint density at radius 2 is 1.92 bits per heavy atom. The van der Waals surface area contributed by atoms with Crippen LogP contribution in [0.1, 0.15) is 40.5 Å². The molecule has 12 heavy (non-hydrogen) atoms. The summed E-state index contributed by atoms with van der Waals surface area (Å²) in [4.78, 5) is 0. The van der Waals surface area contributed by atoms with E-state index in [2.05, 4.69) is 27.7 Å². The molecule has 0 fully saturated rings. The largest absolute Gasteiger partial charge is 0.376 e. The lowest BCUT2D eigenvalue weighted by atomic mass is 10.1. The van der Waals surface area contributed by atoms with Gasteiger partial charge in [0.05, 0.1) is 5.60 Å². The minimum Gasteiger partial charge on any atom is -0.376 e. The van der Waals surface area contributed by atoms with Crippen molar-refractivity contribution in [3.05, 3.63) is 0 Å². The van der Waals surface area contributed by atoms with Crippen molar-refractivity contribution in [1.82, 2.24) is 0 Å². The fourth-order valence-corrected chi connectivity index (χ4v) is 1.29. The van der Waals surface area contributed by atoms with E-state index in [0.29, 0.717) is 5.92 Å². The molecule has 1 nitrogen and oxygen atoms in total. The van der Waals surface area contributed by atoms with Gasteiger partial charge in [0.1, 0.15) is 0 Å². The lowest BCUT2D eigenvalue weighted by molar-refractivity contribution is -0.00847. The van der Waals surface area contributed by atoms with E-state index in [-0.39, 0.29) is 5.60 Å². The fourth-order valence-electron chi connectivity index (χ4n) is 0.922. The molecule has 0 rings (SSSR count). The van der Waals surface area contributed by atoms with Crippen molar-refractivity contribution >= 4 is 11.6 Å². The quantitative estimate of drug-likeness (QED) is 0.607. The van der Waals surface area contributed by atoms with Gasteiger partial charge in [0.25, 0.3) is 0 Å². The highest BCUT2D eigenvalue weighted by atomic mass is 35.5. The van der Waals surface area contributed by atoms with E-state index < -0.39 is 0 Å². The van der Waals surface area contributed by atoms with Gasteiger partial charge in [0, 0.05) is 12.5 Å². The molecule has 0 aliphatic rings. The van der Waals surface area contributed by atoms with Crippen LogP contribution in [0.15, 0.2) is 0 Å². The molecule has 0 saturated heterocycles. The fraction of sp³-hybridized carbons (Fsp3) is 1.00. The summed E-state index contributed by atoms with van der Waals surface area (Å²) in [5, 5.41) is 0. The minimum absolute atomic E-state index is 0.00932. The monoisotopic (exact) mass is 192 g/mol. The second-order valence-electron chi connectivity index (χ2n) is 4.18. The molecule has 74 valence electrons. The molecule has 0 aromatic carbocycles. The Bertz CT molecular complexity index is 103. The van der Waals surface area contributed by atoms with Gasteiger partial charge in [0.2, 0.25) is 0 Å². The van der Waals surface area contributed by atoms with Gasteiger partial charge >= 0.3 is 0 Å². The summed E-state index contributed by atoms with van der Waals surface area (Å²) < 4.78 is 5.60. The average molecular weight is 193 g/mol. The van der Waals surface area contributed by atoms with Crippen LogP contribution < -0.4 is 0 Å². The molecule has 0 radical (unpaired) electrons. The summed E-state index contributed by atoms with van der Waals surface area (Å²) in [6.45, 7) is 9.23. The number of hydrogen-bond donors (Lipinski definition) is 0. The third kappa shape index (κ3) is 6.93. The van der Waals surface area contributed by atoms with Gasteiger partial charge < -0.3 is 4.74 Å². The molecule has 2 heteroatoms. The molecule has 0 aliphatic heterocycles. The molecule has 0 heterocycles. The van der Waals surface area contributed by atoms with Crippen LogP contribution in [0.3, 0.4) is 0 Å². The van der Waals surface area contributed by atoms with E-state index in [4.69, 9.17) is 16.3 Å². The van der Waals surface area contributed by atoms with Gasteiger partial charge in [0.15, 0.2) is 0 Å². The van der Waals surface area contributed by atoms with Crippen LogP contribution in [0.2, 0.25) is 0 Å². The normalized spacial score (nSPS) is 14.8. The third-order valence-electron chi connectivity index (χ3n) is 1.86. The lowest BCUT2D eigenvalue weighted by Gasteiger charge is -2.21. The topological polar surface area (TPSA) is 9.23 Å². The van der Waals surface area contributed by atoms with E-state index in [9.17, 15) is 0 Å². The molecular formula is C10H21ClO. The summed E-state index contributed by atoms with van der Waals surface area (Å²) in [6, 6.07) is 0. The van der Waals surface area contributed by atoms with E-state index in [1.54, 1.807) is 0 Å². The second kappa shape index (κ2) is 5.82. The Morgan fingerprint density at radius 1 is 1.33 bits per heavy atom. The number of alkyl halides is 1. The Kier molecular flexibility index (Phi) is 5.94. The first-order chi connectivity index (χ1) is 5.49. The molecule has 1 unspecified atom stereocenters. The molecule has 0 aromatic rings. The summed E-state index contributed by atoms with van der Waals surface area (Å²) in [7, 11) is 0. The maximum absolute atomic E-state index is 5.76. The molecule has 0 amide bonds. The van der Waals surface area contributed by atoms with Crippen LogP contribution in [0.25, 0.3) is 0 Å². The maximum atomic E-state index is 5.76. The van der Waals surface area contributed by atoms with Crippen LogP contribution in [-0.2, 0) is 4.74 Å². The van der Waals surface area contributed by atoms with Crippen LogP contribution >= 0.6 is 11.6 Å². The Morgan fingerprint density at radius 3 is 2.25 bits per heavy atom. The first-order valence-corrected chi connectivity index (χ1v) is 5.23. The van der Waals surface area contributed by atoms with Crippen molar-refractivity contribution in [3.63, 3.8) is 0 Å². The molecule has 0 aliphatic carbocycles. The van der Waals surface area contributed by atoms with Crippen molar-refractivity contribution in [2.75, 3.05) is 12.5 Å². The third-order valence-corrected chi connectivity index (χ3v) is 2.29. The van der Waals surface area contributed by atoms with Crippen molar-refractivity contribution < 1.29 is 4.74 Å². The van der Waals surface area contributed by atoms with Crippen molar-refractivity contribution in [1.29, 1.82) is 0 Å². The molecule has 0 saturated carbocycles. The summed E-state index contributed by atoms with van der Waals surface area (Å²) >= 11 is 5.76. The summed E-state index contributed by atoms with van der Waals surface area (Å²) in [5.74, 6) is 1.37. The van der Waals surface area contributed by atoms with Crippen LogP contribution in [0, 0.1) is 5.92 Å². The SMILES string of the molecule is CCC(CCl)CCOC(C)(C)C. The van der Waals surface area contributed by atoms with E-state index in [1.165, 1.54) is 0 Å². The van der Waals surface area contributed by atoms with E-state index in [0.717, 1.165) is 25.3 Å². The smallest absolute Gasteiger partial charge is 0.0598 e. The highest BCUT2D eigenvalue weighted by Gasteiger charge is 2.11. The number of rotatable bonds is 5. The zero-order valence-electron chi connectivity index (χ0n) is 8.69. The van der Waals surface area contributed by atoms with Gasteiger partial charge in [-0.15, -0.1) is 11.6 Å². The number of hydrogen-bond acceptors (Lipinski definition) is 1. The highest BCUT2D eigenvalue weighted by molar-refractivity contribution is 6.18. The van der Waals surface area contributed by atoms with Gasteiger partial charge in [-0.25, -0.2) is 0 Å². The molecule has 0 spiro atoms. The summed E-state index contributed by atoms with van der Waals surface area (Å²) in [5.41, 5.74) is -0.00932. The minimum atomic E-state index is -0.00932. The highest BCUT2D eigenvalue weighted by Crippen LogP contribution is 2.13. The Labute approximate surface area is 81.4 Å². The van der Waals surface area contributed by atoms with Crippen LogP contribution in [0.5, 0.6) is 0 Å². The van der Waals surface area contributed by atoms with Gasteiger partial charge in [-0.1, -0.05) is 13.3 Å². The lowest BCUT2D eigenvalue weighted by Crippen LogP contribution is -2.21. The van der Waals surface area contributed by atoms with Crippen LogP contribution in [-0.4, -0.2) is 18.1 Å². The standard InChI is InChI=1S/C10H21ClO/c1-5-9(8-11)6-7-12-10(2,3)4/h9H,5-8H2,1-4H3. The molecule has 1 atom stereocenters. The Balaban J connectivity index is 3.41. The zero-order valence-corrected chi connectivity index (χ0v) is 9.45. The molecule has 0 N–H and O–H groups in total. The van der Waals surface area contributed by atoms with E-state index in [1.807, 2.05) is 0 Å². The van der Waals surface area contributed by atoms with Gasteiger partial charge in [-0.3, -0.25) is 0 Å². The van der Waals surface area contributed by atoms with Gasteiger partial charge in [-0.2, -0.15) is 0 Å². The predicted molar refractivity (Wildman–Crippen MR) is 54.8 cm³/mol. The molecular weight excluding hydrogens is 172 g/mol.